The molecule has 1 aliphatic rings. The van der Waals surface area contributed by atoms with Crippen LogP contribution in [0.4, 0.5) is 0 Å². The molecule has 2 N–H and O–H groups in total. The van der Waals surface area contributed by atoms with Gasteiger partial charge in [0.05, 0.1) is 6.61 Å². The van der Waals surface area contributed by atoms with Crippen LogP contribution in [0.25, 0.3) is 0 Å². The highest BCUT2D eigenvalue weighted by molar-refractivity contribution is 5.91. The highest BCUT2D eigenvalue weighted by atomic mass is 16.7. The SMILES string of the molecule is NCC1=NOCC1OCc1ccccc1. The Balaban J connectivity index is 1.86. The molecule has 4 heteroatoms. The van der Waals surface area contributed by atoms with Gasteiger partial charge >= 0.3 is 0 Å². The summed E-state index contributed by atoms with van der Waals surface area (Å²) in [4.78, 5) is 4.93. The van der Waals surface area contributed by atoms with Crippen molar-refractivity contribution in [1.82, 2.24) is 0 Å². The lowest BCUT2D eigenvalue weighted by Gasteiger charge is -2.10. The molecular formula is C11H14N2O2. The molecule has 1 aromatic carbocycles. The maximum atomic E-state index is 5.66. The molecule has 1 aliphatic heterocycles. The van der Waals surface area contributed by atoms with Gasteiger partial charge in [0.25, 0.3) is 0 Å². The number of benzene rings is 1. The number of rotatable bonds is 4. The van der Waals surface area contributed by atoms with Crippen molar-refractivity contribution in [2.75, 3.05) is 13.2 Å². The van der Waals surface area contributed by atoms with Crippen molar-refractivity contribution in [3.63, 3.8) is 0 Å². The molecule has 80 valence electrons. The second-order valence-corrected chi connectivity index (χ2v) is 3.37. The van der Waals surface area contributed by atoms with Crippen molar-refractivity contribution in [2.24, 2.45) is 10.9 Å². The fourth-order valence-electron chi connectivity index (χ4n) is 1.43. The minimum Gasteiger partial charge on any atom is -0.393 e. The Morgan fingerprint density at radius 3 is 2.93 bits per heavy atom. The van der Waals surface area contributed by atoms with Gasteiger partial charge in [0, 0.05) is 6.54 Å². The van der Waals surface area contributed by atoms with E-state index in [1.165, 1.54) is 0 Å². The average Bonchev–Trinajstić information content (AvgIpc) is 2.75. The molecule has 0 bridgehead atoms. The van der Waals surface area contributed by atoms with Crippen LogP contribution >= 0.6 is 0 Å². The van der Waals surface area contributed by atoms with E-state index in [1.54, 1.807) is 0 Å². The van der Waals surface area contributed by atoms with Gasteiger partial charge in [-0.05, 0) is 5.56 Å². The summed E-state index contributed by atoms with van der Waals surface area (Å²) in [6.45, 7) is 1.42. The molecule has 1 aromatic rings. The van der Waals surface area contributed by atoms with E-state index in [1.807, 2.05) is 30.3 Å². The summed E-state index contributed by atoms with van der Waals surface area (Å²) in [5, 5.41) is 3.81. The van der Waals surface area contributed by atoms with Gasteiger partial charge in [-0.3, -0.25) is 0 Å². The zero-order valence-corrected chi connectivity index (χ0v) is 8.43. The molecule has 0 saturated heterocycles. The standard InChI is InChI=1S/C11H14N2O2/c12-6-10-11(8-15-13-10)14-7-9-4-2-1-3-5-9/h1-5,11H,6-8,12H2. The zero-order chi connectivity index (χ0) is 10.5. The lowest BCUT2D eigenvalue weighted by atomic mass is 10.2. The normalized spacial score (nSPS) is 19.8. The smallest absolute Gasteiger partial charge is 0.148 e. The third-order valence-corrected chi connectivity index (χ3v) is 2.28. The first-order chi connectivity index (χ1) is 7.40. The van der Waals surface area contributed by atoms with Crippen LogP contribution in [0, 0.1) is 0 Å². The summed E-state index contributed by atoms with van der Waals surface area (Å²) >= 11 is 0. The first-order valence-electron chi connectivity index (χ1n) is 4.94. The van der Waals surface area contributed by atoms with Gasteiger partial charge < -0.3 is 15.3 Å². The Hall–Kier alpha value is -1.39. The second-order valence-electron chi connectivity index (χ2n) is 3.37. The quantitative estimate of drug-likeness (QED) is 0.796. The van der Waals surface area contributed by atoms with E-state index in [9.17, 15) is 0 Å². The molecule has 4 nitrogen and oxygen atoms in total. The zero-order valence-electron chi connectivity index (χ0n) is 8.43. The van der Waals surface area contributed by atoms with Gasteiger partial charge in [0.1, 0.15) is 18.4 Å². The van der Waals surface area contributed by atoms with Crippen molar-refractivity contribution in [1.29, 1.82) is 0 Å². The topological polar surface area (TPSA) is 56.8 Å². The Morgan fingerprint density at radius 2 is 2.20 bits per heavy atom. The van der Waals surface area contributed by atoms with E-state index in [-0.39, 0.29) is 6.10 Å². The maximum absolute atomic E-state index is 5.66. The summed E-state index contributed by atoms with van der Waals surface area (Å²) in [5.41, 5.74) is 7.43. The van der Waals surface area contributed by atoms with E-state index in [4.69, 9.17) is 15.3 Å². The Kier molecular flexibility index (Phi) is 3.32. The van der Waals surface area contributed by atoms with Crippen molar-refractivity contribution in [3.05, 3.63) is 35.9 Å². The number of nitrogens with zero attached hydrogens (tertiary/aromatic N) is 1. The summed E-state index contributed by atoms with van der Waals surface area (Å²) < 4.78 is 5.66. The molecule has 0 amide bonds. The third-order valence-electron chi connectivity index (χ3n) is 2.28. The summed E-state index contributed by atoms with van der Waals surface area (Å²) in [5.74, 6) is 0. The van der Waals surface area contributed by atoms with Gasteiger partial charge in [-0.2, -0.15) is 0 Å². The fourth-order valence-corrected chi connectivity index (χ4v) is 1.43. The van der Waals surface area contributed by atoms with Gasteiger partial charge in [-0.25, -0.2) is 0 Å². The predicted octanol–water partition coefficient (Wildman–Crippen LogP) is 0.917. The van der Waals surface area contributed by atoms with Gasteiger partial charge in [-0.1, -0.05) is 35.5 Å². The number of hydrogen-bond acceptors (Lipinski definition) is 4. The molecule has 1 heterocycles. The Morgan fingerprint density at radius 1 is 1.40 bits per heavy atom. The van der Waals surface area contributed by atoms with Crippen molar-refractivity contribution in [3.8, 4) is 0 Å². The highest BCUT2D eigenvalue weighted by Gasteiger charge is 2.22. The molecular weight excluding hydrogens is 192 g/mol. The van der Waals surface area contributed by atoms with Gasteiger partial charge in [0.15, 0.2) is 0 Å². The summed E-state index contributed by atoms with van der Waals surface area (Å²) in [6, 6.07) is 10.0. The molecule has 0 radical (unpaired) electrons. The Labute approximate surface area is 88.7 Å². The van der Waals surface area contributed by atoms with E-state index >= 15 is 0 Å². The average molecular weight is 206 g/mol. The lowest BCUT2D eigenvalue weighted by molar-refractivity contribution is 0.0360. The minimum atomic E-state index is -0.0878. The molecule has 0 saturated carbocycles. The second kappa shape index (κ2) is 4.91. The van der Waals surface area contributed by atoms with E-state index in [2.05, 4.69) is 5.16 Å². The first kappa shape index (κ1) is 10.1. The van der Waals surface area contributed by atoms with Crippen LogP contribution in [0.1, 0.15) is 5.56 Å². The molecule has 0 spiro atoms. The van der Waals surface area contributed by atoms with Crippen LogP contribution in [0.15, 0.2) is 35.5 Å². The molecule has 0 aromatic heterocycles. The molecule has 0 aliphatic carbocycles. The van der Waals surface area contributed by atoms with E-state index in [0.717, 1.165) is 11.3 Å². The largest absolute Gasteiger partial charge is 0.393 e. The third kappa shape index (κ3) is 2.55. The first-order valence-corrected chi connectivity index (χ1v) is 4.94. The molecule has 15 heavy (non-hydrogen) atoms. The number of hydrogen-bond donors (Lipinski definition) is 1. The van der Waals surface area contributed by atoms with Gasteiger partial charge in [0.2, 0.25) is 0 Å². The van der Waals surface area contributed by atoms with Crippen molar-refractivity contribution >= 4 is 5.71 Å². The van der Waals surface area contributed by atoms with Crippen LogP contribution in [0.5, 0.6) is 0 Å². The van der Waals surface area contributed by atoms with Crippen LogP contribution < -0.4 is 5.73 Å². The molecule has 0 fully saturated rings. The lowest BCUT2D eigenvalue weighted by Crippen LogP contribution is -2.29. The fraction of sp³-hybridized carbons (Fsp3) is 0.364. The molecule has 2 rings (SSSR count). The van der Waals surface area contributed by atoms with Crippen LogP contribution in [-0.4, -0.2) is 25.0 Å². The summed E-state index contributed by atoms with van der Waals surface area (Å²) in [7, 11) is 0. The van der Waals surface area contributed by atoms with Crippen LogP contribution in [0.3, 0.4) is 0 Å². The van der Waals surface area contributed by atoms with Crippen LogP contribution in [-0.2, 0) is 16.2 Å². The summed E-state index contributed by atoms with van der Waals surface area (Å²) in [6.07, 6.45) is -0.0878. The van der Waals surface area contributed by atoms with Crippen LogP contribution in [0.2, 0.25) is 0 Å². The number of oxime groups is 1. The van der Waals surface area contributed by atoms with E-state index in [0.29, 0.717) is 19.8 Å². The molecule has 1 unspecified atom stereocenters. The highest BCUT2D eigenvalue weighted by Crippen LogP contribution is 2.09. The predicted molar refractivity (Wildman–Crippen MR) is 57.5 cm³/mol. The maximum Gasteiger partial charge on any atom is 0.148 e. The molecule has 1 atom stereocenters. The van der Waals surface area contributed by atoms with Gasteiger partial charge in [-0.15, -0.1) is 0 Å². The number of nitrogens with two attached hydrogens (primary N) is 1. The number of ether oxygens (including phenoxy) is 1. The van der Waals surface area contributed by atoms with Crippen molar-refractivity contribution in [2.45, 2.75) is 12.7 Å². The van der Waals surface area contributed by atoms with Crippen molar-refractivity contribution < 1.29 is 9.57 Å². The Bertz CT molecular complexity index is 338. The monoisotopic (exact) mass is 206 g/mol. The minimum absolute atomic E-state index is 0.0878. The van der Waals surface area contributed by atoms with E-state index < -0.39 is 0 Å².